The normalized spacial score (nSPS) is 10.8. The van der Waals surface area contributed by atoms with E-state index in [9.17, 15) is 0 Å². The summed E-state index contributed by atoms with van der Waals surface area (Å²) in [5.74, 6) is 1.78. The van der Waals surface area contributed by atoms with Gasteiger partial charge in [0.1, 0.15) is 11.5 Å². The highest BCUT2D eigenvalue weighted by Gasteiger charge is 2.14. The van der Waals surface area contributed by atoms with Crippen molar-refractivity contribution in [2.45, 2.75) is 33.4 Å². The summed E-state index contributed by atoms with van der Waals surface area (Å²) in [4.78, 5) is 6.18. The second-order valence-corrected chi connectivity index (χ2v) is 7.30. The third-order valence-corrected chi connectivity index (χ3v) is 4.89. The molecule has 0 fully saturated rings. The molecule has 142 valence electrons. The zero-order valence-corrected chi connectivity index (χ0v) is 17.1. The fourth-order valence-corrected chi connectivity index (χ4v) is 3.23. The van der Waals surface area contributed by atoms with Crippen LogP contribution >= 0.6 is 23.8 Å². The Morgan fingerprint density at radius 1 is 1.30 bits per heavy atom. The predicted octanol–water partition coefficient (Wildman–Crippen LogP) is 5.04. The van der Waals surface area contributed by atoms with E-state index in [1.165, 1.54) is 0 Å². The molecule has 0 unspecified atom stereocenters. The highest BCUT2D eigenvalue weighted by Crippen LogP contribution is 2.23. The van der Waals surface area contributed by atoms with Gasteiger partial charge in [-0.15, -0.1) is 0 Å². The van der Waals surface area contributed by atoms with Crippen LogP contribution in [0.4, 0.5) is 5.69 Å². The van der Waals surface area contributed by atoms with Crippen LogP contribution in [0.5, 0.6) is 0 Å². The number of anilines is 1. The van der Waals surface area contributed by atoms with Crippen molar-refractivity contribution in [2.24, 2.45) is 0 Å². The molecule has 0 radical (unpaired) electrons. The maximum atomic E-state index is 6.31. The minimum Gasteiger partial charge on any atom is -0.464 e. The molecular formula is C20H23ClN4OS. The van der Waals surface area contributed by atoms with E-state index in [1.54, 1.807) is 6.20 Å². The van der Waals surface area contributed by atoms with E-state index in [-0.39, 0.29) is 0 Å². The average molecular weight is 403 g/mol. The van der Waals surface area contributed by atoms with Gasteiger partial charge < -0.3 is 19.2 Å². The number of aryl methyl sites for hydroxylation is 3. The van der Waals surface area contributed by atoms with Crippen LogP contribution in [0, 0.1) is 13.8 Å². The van der Waals surface area contributed by atoms with Crippen LogP contribution in [-0.4, -0.2) is 26.1 Å². The zero-order valence-electron chi connectivity index (χ0n) is 15.5. The maximum Gasteiger partial charge on any atom is 0.173 e. The summed E-state index contributed by atoms with van der Waals surface area (Å²) in [6, 6.07) is 9.80. The minimum atomic E-state index is 0.604. The molecule has 1 N–H and O–H groups in total. The van der Waals surface area contributed by atoms with Crippen molar-refractivity contribution < 1.29 is 4.42 Å². The summed E-state index contributed by atoms with van der Waals surface area (Å²) < 4.78 is 7.80. The predicted molar refractivity (Wildman–Crippen MR) is 113 cm³/mol. The van der Waals surface area contributed by atoms with Crippen LogP contribution in [-0.2, 0) is 13.1 Å². The molecule has 0 aliphatic heterocycles. The highest BCUT2D eigenvalue weighted by atomic mass is 35.5. The Morgan fingerprint density at radius 2 is 2.15 bits per heavy atom. The van der Waals surface area contributed by atoms with Crippen molar-refractivity contribution in [2.75, 3.05) is 11.9 Å². The number of halogens is 1. The van der Waals surface area contributed by atoms with E-state index < -0.39 is 0 Å². The second-order valence-electron chi connectivity index (χ2n) is 6.50. The third kappa shape index (κ3) is 5.58. The molecule has 0 saturated carbocycles. The maximum absolute atomic E-state index is 6.31. The summed E-state index contributed by atoms with van der Waals surface area (Å²) in [5.41, 5.74) is 1.94. The lowest BCUT2D eigenvalue weighted by Crippen LogP contribution is -2.35. The highest BCUT2D eigenvalue weighted by molar-refractivity contribution is 7.80. The Hall–Kier alpha value is -2.31. The fourth-order valence-electron chi connectivity index (χ4n) is 2.80. The lowest BCUT2D eigenvalue weighted by atomic mass is 10.2. The van der Waals surface area contributed by atoms with Crippen molar-refractivity contribution in [3.05, 3.63) is 71.2 Å². The Bertz CT molecular complexity index is 891. The van der Waals surface area contributed by atoms with Crippen molar-refractivity contribution in [3.8, 4) is 0 Å². The van der Waals surface area contributed by atoms with Crippen molar-refractivity contribution >= 4 is 34.6 Å². The summed E-state index contributed by atoms with van der Waals surface area (Å²) in [5, 5.41) is 4.56. The average Bonchev–Trinajstić information content (AvgIpc) is 3.29. The molecule has 0 atom stereocenters. The molecule has 5 nitrogen and oxygen atoms in total. The van der Waals surface area contributed by atoms with Gasteiger partial charge in [-0.05, 0) is 62.3 Å². The number of thiocarbonyl (C=S) groups is 1. The topological polar surface area (TPSA) is 46.2 Å². The van der Waals surface area contributed by atoms with Gasteiger partial charge in [-0.25, -0.2) is 4.98 Å². The fraction of sp³-hybridized carbons (Fsp3) is 0.300. The van der Waals surface area contributed by atoms with Gasteiger partial charge in [0.25, 0.3) is 0 Å². The summed E-state index contributed by atoms with van der Waals surface area (Å²) >= 11 is 12.0. The Morgan fingerprint density at radius 3 is 2.85 bits per heavy atom. The van der Waals surface area contributed by atoms with Gasteiger partial charge in [-0.3, -0.25) is 0 Å². The van der Waals surface area contributed by atoms with Crippen molar-refractivity contribution in [1.82, 2.24) is 14.5 Å². The molecule has 3 aromatic rings. The molecule has 0 bridgehead atoms. The monoisotopic (exact) mass is 402 g/mol. The molecule has 1 aromatic carbocycles. The van der Waals surface area contributed by atoms with Gasteiger partial charge in [0.15, 0.2) is 5.11 Å². The van der Waals surface area contributed by atoms with Crippen molar-refractivity contribution in [3.63, 3.8) is 0 Å². The Labute approximate surface area is 170 Å². The summed E-state index contributed by atoms with van der Waals surface area (Å²) in [6.45, 7) is 6.23. The first-order valence-electron chi connectivity index (χ1n) is 8.84. The first-order chi connectivity index (χ1) is 13.0. The molecule has 7 heteroatoms. The molecule has 0 saturated heterocycles. The number of hydrogen-bond acceptors (Lipinski definition) is 3. The Balaban J connectivity index is 1.68. The minimum absolute atomic E-state index is 0.604. The number of nitrogens with zero attached hydrogens (tertiary/aromatic N) is 3. The third-order valence-electron chi connectivity index (χ3n) is 4.20. The van der Waals surface area contributed by atoms with Crippen LogP contribution < -0.4 is 5.32 Å². The molecular weight excluding hydrogens is 380 g/mol. The number of furan rings is 1. The second kappa shape index (κ2) is 9.06. The van der Waals surface area contributed by atoms with Crippen LogP contribution in [0.15, 0.2) is 53.5 Å². The number of rotatable bonds is 7. The van der Waals surface area contributed by atoms with Gasteiger partial charge in [0.05, 0.1) is 23.6 Å². The van der Waals surface area contributed by atoms with Crippen LogP contribution in [0.25, 0.3) is 0 Å². The standard InChI is InChI=1S/C20H23ClN4OS/c1-15-4-7-18(21)19(12-15)23-20(27)25(13-17-6-5-16(2)26-17)10-3-9-24-11-8-22-14-24/h4-8,11-12,14H,3,9-10,13H2,1-2H3,(H,23,27). The van der Waals surface area contributed by atoms with Gasteiger partial charge in [-0.1, -0.05) is 17.7 Å². The smallest absolute Gasteiger partial charge is 0.173 e. The Kier molecular flexibility index (Phi) is 6.53. The van der Waals surface area contributed by atoms with Gasteiger partial charge in [0.2, 0.25) is 0 Å². The lowest BCUT2D eigenvalue weighted by molar-refractivity contribution is 0.348. The van der Waals surface area contributed by atoms with Gasteiger partial charge >= 0.3 is 0 Å². The van der Waals surface area contributed by atoms with Crippen LogP contribution in [0.3, 0.4) is 0 Å². The first kappa shape index (κ1) is 19.5. The van der Waals surface area contributed by atoms with Gasteiger partial charge in [-0.2, -0.15) is 0 Å². The molecule has 0 spiro atoms. The van der Waals surface area contributed by atoms with E-state index in [4.69, 9.17) is 28.2 Å². The number of benzene rings is 1. The molecule has 0 amide bonds. The molecule has 2 aromatic heterocycles. The number of nitrogens with one attached hydrogen (secondary N) is 1. The summed E-state index contributed by atoms with van der Waals surface area (Å²) in [7, 11) is 0. The van der Waals surface area contributed by atoms with E-state index in [0.717, 1.165) is 42.3 Å². The van der Waals surface area contributed by atoms with E-state index in [2.05, 4.69) is 19.8 Å². The molecule has 0 aliphatic carbocycles. The first-order valence-corrected chi connectivity index (χ1v) is 9.63. The molecule has 3 rings (SSSR count). The van der Waals surface area contributed by atoms with Crippen LogP contribution in [0.1, 0.15) is 23.5 Å². The number of imidazole rings is 1. The largest absolute Gasteiger partial charge is 0.464 e. The lowest BCUT2D eigenvalue weighted by Gasteiger charge is -2.25. The SMILES string of the molecule is Cc1ccc(Cl)c(NC(=S)N(CCCn2ccnc2)Cc2ccc(C)o2)c1. The van der Waals surface area contributed by atoms with Crippen molar-refractivity contribution in [1.29, 1.82) is 0 Å². The van der Waals surface area contributed by atoms with E-state index in [0.29, 0.717) is 16.7 Å². The number of aromatic nitrogens is 2. The zero-order chi connectivity index (χ0) is 19.2. The number of hydrogen-bond donors (Lipinski definition) is 1. The van der Waals surface area contributed by atoms with E-state index in [1.807, 2.05) is 56.7 Å². The quantitative estimate of drug-likeness (QED) is 0.561. The molecule has 0 aliphatic rings. The summed E-state index contributed by atoms with van der Waals surface area (Å²) in [6.07, 6.45) is 6.50. The molecule has 2 heterocycles. The molecule has 27 heavy (non-hydrogen) atoms. The van der Waals surface area contributed by atoms with E-state index >= 15 is 0 Å². The van der Waals surface area contributed by atoms with Crippen LogP contribution in [0.2, 0.25) is 5.02 Å². The van der Waals surface area contributed by atoms with Gasteiger partial charge in [0, 0.05) is 25.5 Å².